The van der Waals surface area contributed by atoms with Gasteiger partial charge in [-0.05, 0) is 49.7 Å². The second kappa shape index (κ2) is 13.0. The van der Waals surface area contributed by atoms with E-state index in [1.165, 1.54) is 34.6 Å². The van der Waals surface area contributed by atoms with Gasteiger partial charge in [0, 0.05) is 53.6 Å². The molecule has 2 aromatic carbocycles. The minimum atomic E-state index is -4.07. The molecule has 12 heteroatoms. The summed E-state index contributed by atoms with van der Waals surface area (Å²) in [6, 6.07) is 9.80. The summed E-state index contributed by atoms with van der Waals surface area (Å²) >= 11 is 12.1. The first-order valence-electron chi connectivity index (χ1n) is 11.3. The third kappa shape index (κ3) is 7.36. The number of aryl methyl sites for hydroxylation is 1. The van der Waals surface area contributed by atoms with Crippen LogP contribution in [0, 0.1) is 0 Å². The molecular weight excluding hydrogens is 527 g/mol. The molecule has 0 aliphatic carbocycles. The molecule has 0 saturated heterocycles. The summed E-state index contributed by atoms with van der Waals surface area (Å²) in [7, 11) is -4.07. The summed E-state index contributed by atoms with van der Waals surface area (Å²) in [5.41, 5.74) is 0.636. The molecule has 0 aliphatic rings. The number of nitrogens with one attached hydrogen (secondary N) is 1. The topological polar surface area (TPSA) is 114 Å². The Kier molecular flexibility index (Phi) is 10.0. The van der Waals surface area contributed by atoms with E-state index in [1.54, 1.807) is 31.6 Å². The number of carbonyl (C=O) groups excluding carboxylic acids is 1. The van der Waals surface area contributed by atoms with Crippen molar-refractivity contribution in [1.82, 2.24) is 14.9 Å². The Labute approximate surface area is 220 Å². The highest BCUT2D eigenvalue weighted by Crippen LogP contribution is 2.33. The number of hydrogen-bond acceptors (Lipinski definition) is 6. The van der Waals surface area contributed by atoms with E-state index in [0.29, 0.717) is 35.1 Å². The van der Waals surface area contributed by atoms with Crippen molar-refractivity contribution in [2.45, 2.75) is 43.9 Å². The Bertz CT molecular complexity index is 1240. The van der Waals surface area contributed by atoms with Crippen LogP contribution >= 0.6 is 23.2 Å². The molecule has 3 rings (SSSR count). The molecule has 0 aliphatic heterocycles. The molecule has 36 heavy (non-hydrogen) atoms. The summed E-state index contributed by atoms with van der Waals surface area (Å²) in [5.74, 6) is 0. The Morgan fingerprint density at radius 3 is 2.58 bits per heavy atom. The van der Waals surface area contributed by atoms with Gasteiger partial charge in [0.15, 0.2) is 0 Å². The molecule has 0 radical (unpaired) electrons. The van der Waals surface area contributed by atoms with Gasteiger partial charge in [0.1, 0.15) is 0 Å². The van der Waals surface area contributed by atoms with Crippen LogP contribution in [-0.4, -0.2) is 48.4 Å². The molecule has 0 unspecified atom stereocenters. The van der Waals surface area contributed by atoms with Gasteiger partial charge in [-0.15, -0.1) is 0 Å². The minimum absolute atomic E-state index is 0.0177. The monoisotopic (exact) mass is 554 g/mol. The number of sulfonamides is 1. The van der Waals surface area contributed by atoms with Crippen LogP contribution in [0.25, 0.3) is 0 Å². The first-order valence-corrected chi connectivity index (χ1v) is 13.5. The molecule has 1 atom stereocenters. The Balaban J connectivity index is 1.69. The average molecular weight is 555 g/mol. The number of aliphatic hydroxyl groups excluding tert-OH is 1. The predicted octanol–water partition coefficient (Wildman–Crippen LogP) is 4.47. The van der Waals surface area contributed by atoms with Crippen molar-refractivity contribution in [3.8, 4) is 0 Å². The van der Waals surface area contributed by atoms with E-state index in [-0.39, 0.29) is 30.2 Å². The van der Waals surface area contributed by atoms with Crippen LogP contribution < -0.4 is 9.62 Å². The fourth-order valence-electron chi connectivity index (χ4n) is 3.56. The third-order valence-electron chi connectivity index (χ3n) is 5.42. The summed E-state index contributed by atoms with van der Waals surface area (Å²) in [6.45, 7) is 2.43. The summed E-state index contributed by atoms with van der Waals surface area (Å²) in [6.07, 6.45) is 5.54. The number of imidazole rings is 1. The first kappa shape index (κ1) is 27.8. The summed E-state index contributed by atoms with van der Waals surface area (Å²) in [4.78, 5) is 16.1. The number of aromatic nitrogens is 2. The quantitative estimate of drug-likeness (QED) is 0.319. The van der Waals surface area contributed by atoms with Gasteiger partial charge in [0.25, 0.3) is 10.0 Å². The highest BCUT2D eigenvalue weighted by atomic mass is 35.5. The maximum absolute atomic E-state index is 13.7. The molecule has 0 fully saturated rings. The Morgan fingerprint density at radius 2 is 1.92 bits per heavy atom. The van der Waals surface area contributed by atoms with Crippen LogP contribution in [0.3, 0.4) is 0 Å². The molecule has 3 aromatic rings. The standard InChI is InChI=1S/C24H28Cl2N4O5S/c1-18(9-14-35-24(32)28-10-2-12-29-13-11-27-17-29)30(23-15-21(26)4-3-19(23)16-31)36(33,34)22-7-5-20(25)6-8-22/h3-8,11,13,15,17-18,31H,2,9-10,12,14,16H2,1H3,(H,28,32)/t18-/m1/s1. The number of carbonyl (C=O) groups is 1. The molecule has 9 nitrogen and oxygen atoms in total. The van der Waals surface area contributed by atoms with E-state index >= 15 is 0 Å². The number of halogens is 2. The molecule has 0 bridgehead atoms. The number of nitrogens with zero attached hydrogens (tertiary/aromatic N) is 3. The average Bonchev–Trinajstić information content (AvgIpc) is 3.36. The van der Waals surface area contributed by atoms with Gasteiger partial charge < -0.3 is 19.7 Å². The molecular formula is C24H28Cl2N4O5S. The molecule has 0 spiro atoms. The van der Waals surface area contributed by atoms with Crippen molar-refractivity contribution in [1.29, 1.82) is 0 Å². The van der Waals surface area contributed by atoms with E-state index in [0.717, 1.165) is 0 Å². The fraction of sp³-hybridized carbons (Fsp3) is 0.333. The maximum atomic E-state index is 13.7. The zero-order valence-electron chi connectivity index (χ0n) is 19.7. The molecule has 1 aromatic heterocycles. The van der Waals surface area contributed by atoms with E-state index in [4.69, 9.17) is 27.9 Å². The Morgan fingerprint density at radius 1 is 1.19 bits per heavy atom. The molecule has 2 N–H and O–H groups in total. The van der Waals surface area contributed by atoms with E-state index in [9.17, 15) is 18.3 Å². The smallest absolute Gasteiger partial charge is 0.407 e. The summed E-state index contributed by atoms with van der Waals surface area (Å²) < 4.78 is 35.7. The largest absolute Gasteiger partial charge is 0.449 e. The van der Waals surface area contributed by atoms with Crippen molar-refractivity contribution in [3.63, 3.8) is 0 Å². The van der Waals surface area contributed by atoms with Crippen molar-refractivity contribution in [3.05, 3.63) is 76.8 Å². The van der Waals surface area contributed by atoms with Crippen LogP contribution in [0.15, 0.2) is 66.1 Å². The number of benzene rings is 2. The molecule has 0 saturated carbocycles. The van der Waals surface area contributed by atoms with Crippen molar-refractivity contribution in [2.24, 2.45) is 0 Å². The zero-order chi connectivity index (χ0) is 26.1. The second-order valence-electron chi connectivity index (χ2n) is 8.04. The number of ether oxygens (including phenoxy) is 1. The van der Waals surface area contributed by atoms with Crippen LogP contribution in [-0.2, 0) is 27.9 Å². The lowest BCUT2D eigenvalue weighted by molar-refractivity contribution is 0.143. The highest BCUT2D eigenvalue weighted by Gasteiger charge is 2.31. The highest BCUT2D eigenvalue weighted by molar-refractivity contribution is 7.92. The zero-order valence-corrected chi connectivity index (χ0v) is 22.0. The van der Waals surface area contributed by atoms with E-state index < -0.39 is 22.2 Å². The van der Waals surface area contributed by atoms with Gasteiger partial charge in [-0.25, -0.2) is 18.2 Å². The van der Waals surface area contributed by atoms with E-state index in [2.05, 4.69) is 10.3 Å². The maximum Gasteiger partial charge on any atom is 0.407 e. The lowest BCUT2D eigenvalue weighted by Gasteiger charge is -2.32. The molecule has 194 valence electrons. The van der Waals surface area contributed by atoms with Gasteiger partial charge in [0.05, 0.1) is 30.1 Å². The number of anilines is 1. The number of rotatable bonds is 12. The second-order valence-corrected chi connectivity index (χ2v) is 10.7. The van der Waals surface area contributed by atoms with Crippen LogP contribution in [0.2, 0.25) is 10.0 Å². The molecule has 1 heterocycles. The predicted molar refractivity (Wildman–Crippen MR) is 139 cm³/mol. The lowest BCUT2D eigenvalue weighted by atomic mass is 10.1. The summed E-state index contributed by atoms with van der Waals surface area (Å²) in [5, 5.41) is 13.3. The number of aliphatic hydroxyl groups is 1. The first-order chi connectivity index (χ1) is 17.2. The van der Waals surface area contributed by atoms with Crippen molar-refractivity contribution >= 4 is 45.0 Å². The fourth-order valence-corrected chi connectivity index (χ4v) is 5.57. The number of amides is 1. The van der Waals surface area contributed by atoms with E-state index in [1.807, 2.05) is 10.8 Å². The van der Waals surface area contributed by atoms with Crippen molar-refractivity contribution in [2.75, 3.05) is 17.5 Å². The Hall–Kier alpha value is -2.79. The molecule has 1 amide bonds. The third-order valence-corrected chi connectivity index (χ3v) is 7.85. The van der Waals surface area contributed by atoms with Gasteiger partial charge in [0.2, 0.25) is 0 Å². The van der Waals surface area contributed by atoms with Gasteiger partial charge in [-0.1, -0.05) is 29.3 Å². The van der Waals surface area contributed by atoms with Gasteiger partial charge >= 0.3 is 6.09 Å². The lowest BCUT2D eigenvalue weighted by Crippen LogP contribution is -2.40. The van der Waals surface area contributed by atoms with Gasteiger partial charge in [-0.2, -0.15) is 0 Å². The SMILES string of the molecule is C[C@H](CCOC(=O)NCCCn1ccnc1)N(c1cc(Cl)ccc1CO)S(=O)(=O)c1ccc(Cl)cc1. The van der Waals surface area contributed by atoms with Crippen molar-refractivity contribution < 1.29 is 23.1 Å². The number of alkyl carbamates (subject to hydrolysis) is 1. The normalized spacial score (nSPS) is 12.2. The van der Waals surface area contributed by atoms with Crippen LogP contribution in [0.4, 0.5) is 10.5 Å². The number of hydrogen-bond donors (Lipinski definition) is 2. The van der Waals surface area contributed by atoms with Gasteiger partial charge in [-0.3, -0.25) is 4.31 Å². The van der Waals surface area contributed by atoms with Crippen LogP contribution in [0.1, 0.15) is 25.3 Å². The van der Waals surface area contributed by atoms with Crippen LogP contribution in [0.5, 0.6) is 0 Å². The minimum Gasteiger partial charge on any atom is -0.449 e.